The van der Waals surface area contributed by atoms with Gasteiger partial charge in [0.2, 0.25) is 0 Å². The van der Waals surface area contributed by atoms with Crippen molar-refractivity contribution in [1.82, 2.24) is 15.5 Å². The topological polar surface area (TPSA) is 37.8 Å². The predicted molar refractivity (Wildman–Crippen MR) is 71.3 cm³/mol. The zero-order valence-corrected chi connectivity index (χ0v) is 11.2. The first kappa shape index (κ1) is 12.2. The SMILES string of the molecule is CNC(Cc1cccs1)c1cc(C)nnc1C. The van der Waals surface area contributed by atoms with Crippen molar-refractivity contribution in [3.63, 3.8) is 0 Å². The maximum absolute atomic E-state index is 4.19. The number of thiophene rings is 1. The van der Waals surface area contributed by atoms with Gasteiger partial charge < -0.3 is 5.32 Å². The molecule has 90 valence electrons. The summed E-state index contributed by atoms with van der Waals surface area (Å²) in [5.41, 5.74) is 3.22. The highest BCUT2D eigenvalue weighted by Gasteiger charge is 2.14. The summed E-state index contributed by atoms with van der Waals surface area (Å²) in [5, 5.41) is 13.7. The lowest BCUT2D eigenvalue weighted by molar-refractivity contribution is 0.586. The van der Waals surface area contributed by atoms with Gasteiger partial charge in [0.25, 0.3) is 0 Å². The fourth-order valence-electron chi connectivity index (χ4n) is 1.92. The molecule has 0 aliphatic heterocycles. The van der Waals surface area contributed by atoms with E-state index in [1.54, 1.807) is 11.3 Å². The number of aromatic nitrogens is 2. The van der Waals surface area contributed by atoms with Gasteiger partial charge in [0.05, 0.1) is 11.4 Å². The average Bonchev–Trinajstić information content (AvgIpc) is 2.82. The van der Waals surface area contributed by atoms with Crippen molar-refractivity contribution in [2.24, 2.45) is 0 Å². The molecule has 0 saturated carbocycles. The van der Waals surface area contributed by atoms with Gasteiger partial charge in [-0.2, -0.15) is 10.2 Å². The minimum atomic E-state index is 0.308. The maximum atomic E-state index is 4.19. The summed E-state index contributed by atoms with van der Waals surface area (Å²) in [7, 11) is 1.99. The molecule has 2 heterocycles. The fourth-order valence-corrected chi connectivity index (χ4v) is 2.67. The molecule has 0 saturated heterocycles. The molecule has 0 amide bonds. The Bertz CT molecular complexity index is 479. The van der Waals surface area contributed by atoms with Gasteiger partial charge in [-0.1, -0.05) is 6.07 Å². The molecular weight excluding hydrogens is 230 g/mol. The molecule has 2 aromatic heterocycles. The normalized spacial score (nSPS) is 12.6. The van der Waals surface area contributed by atoms with Gasteiger partial charge in [0.1, 0.15) is 0 Å². The Kier molecular flexibility index (Phi) is 3.86. The van der Waals surface area contributed by atoms with Gasteiger partial charge in [0, 0.05) is 17.3 Å². The van der Waals surface area contributed by atoms with Crippen LogP contribution in [-0.4, -0.2) is 17.2 Å². The van der Waals surface area contributed by atoms with E-state index in [1.807, 2.05) is 20.9 Å². The maximum Gasteiger partial charge on any atom is 0.0648 e. The second kappa shape index (κ2) is 5.38. The molecule has 1 atom stereocenters. The van der Waals surface area contributed by atoms with Crippen LogP contribution >= 0.6 is 11.3 Å². The van der Waals surface area contributed by atoms with E-state index in [-0.39, 0.29) is 0 Å². The Balaban J connectivity index is 2.25. The highest BCUT2D eigenvalue weighted by atomic mass is 32.1. The lowest BCUT2D eigenvalue weighted by Crippen LogP contribution is -2.20. The average molecular weight is 247 g/mol. The molecule has 0 spiro atoms. The largest absolute Gasteiger partial charge is 0.313 e. The minimum Gasteiger partial charge on any atom is -0.313 e. The number of hydrogen-bond donors (Lipinski definition) is 1. The van der Waals surface area contributed by atoms with Crippen molar-refractivity contribution in [2.75, 3.05) is 7.05 Å². The Hall–Kier alpha value is -1.26. The van der Waals surface area contributed by atoms with E-state index in [1.165, 1.54) is 10.4 Å². The molecule has 0 aromatic carbocycles. The third-order valence-corrected chi connectivity index (χ3v) is 3.75. The molecule has 3 nitrogen and oxygen atoms in total. The standard InChI is InChI=1S/C13H17N3S/c1-9-7-12(10(2)16-15-9)13(14-3)8-11-5-4-6-17-11/h4-7,13-14H,8H2,1-3H3. The van der Waals surface area contributed by atoms with Crippen molar-refractivity contribution in [3.8, 4) is 0 Å². The van der Waals surface area contributed by atoms with Crippen molar-refractivity contribution in [2.45, 2.75) is 26.3 Å². The van der Waals surface area contributed by atoms with E-state index in [4.69, 9.17) is 0 Å². The van der Waals surface area contributed by atoms with Crippen molar-refractivity contribution in [3.05, 3.63) is 45.4 Å². The van der Waals surface area contributed by atoms with Crippen LogP contribution in [0.3, 0.4) is 0 Å². The molecule has 0 aliphatic carbocycles. The van der Waals surface area contributed by atoms with Crippen LogP contribution in [0.2, 0.25) is 0 Å². The molecule has 1 unspecified atom stereocenters. The lowest BCUT2D eigenvalue weighted by atomic mass is 10.0. The first-order valence-corrected chi connectivity index (χ1v) is 6.59. The summed E-state index contributed by atoms with van der Waals surface area (Å²) in [6.45, 7) is 3.99. The number of aryl methyl sites for hydroxylation is 2. The van der Waals surface area contributed by atoms with Crippen molar-refractivity contribution in [1.29, 1.82) is 0 Å². The quantitative estimate of drug-likeness (QED) is 0.902. The number of nitrogens with zero attached hydrogens (tertiary/aromatic N) is 2. The predicted octanol–water partition coefficient (Wildman–Crippen LogP) is 2.66. The van der Waals surface area contributed by atoms with Gasteiger partial charge in [-0.05, 0) is 44.0 Å². The van der Waals surface area contributed by atoms with Gasteiger partial charge in [-0.3, -0.25) is 0 Å². The van der Waals surface area contributed by atoms with Crippen LogP contribution in [0.25, 0.3) is 0 Å². The van der Waals surface area contributed by atoms with Gasteiger partial charge >= 0.3 is 0 Å². The van der Waals surface area contributed by atoms with Gasteiger partial charge in [-0.15, -0.1) is 11.3 Å². The van der Waals surface area contributed by atoms with Crippen LogP contribution in [0, 0.1) is 13.8 Å². The van der Waals surface area contributed by atoms with Gasteiger partial charge in [0.15, 0.2) is 0 Å². The number of rotatable bonds is 4. The summed E-state index contributed by atoms with van der Waals surface area (Å²) < 4.78 is 0. The molecule has 0 fully saturated rings. The van der Waals surface area contributed by atoms with E-state index in [9.17, 15) is 0 Å². The zero-order valence-electron chi connectivity index (χ0n) is 10.4. The van der Waals surface area contributed by atoms with Crippen LogP contribution in [0.15, 0.2) is 23.6 Å². The Morgan fingerprint density at radius 1 is 1.35 bits per heavy atom. The molecule has 0 bridgehead atoms. The smallest absolute Gasteiger partial charge is 0.0648 e. The van der Waals surface area contributed by atoms with Crippen LogP contribution < -0.4 is 5.32 Å². The van der Waals surface area contributed by atoms with E-state index in [0.29, 0.717) is 6.04 Å². The Morgan fingerprint density at radius 3 is 2.82 bits per heavy atom. The molecule has 17 heavy (non-hydrogen) atoms. The third-order valence-electron chi connectivity index (χ3n) is 2.85. The fraction of sp³-hybridized carbons (Fsp3) is 0.385. The molecular formula is C13H17N3S. The van der Waals surface area contributed by atoms with Crippen LogP contribution in [0.1, 0.15) is 27.9 Å². The highest BCUT2D eigenvalue weighted by Crippen LogP contribution is 2.22. The number of likely N-dealkylation sites (N-methyl/N-ethyl adjacent to an activating group) is 1. The van der Waals surface area contributed by atoms with Crippen molar-refractivity contribution < 1.29 is 0 Å². The van der Waals surface area contributed by atoms with E-state index < -0.39 is 0 Å². The second-order valence-electron chi connectivity index (χ2n) is 4.15. The highest BCUT2D eigenvalue weighted by molar-refractivity contribution is 7.09. The summed E-state index contributed by atoms with van der Waals surface area (Å²) in [6.07, 6.45) is 1.00. The summed E-state index contributed by atoms with van der Waals surface area (Å²) in [6, 6.07) is 6.70. The summed E-state index contributed by atoms with van der Waals surface area (Å²) in [5.74, 6) is 0. The van der Waals surface area contributed by atoms with Gasteiger partial charge in [-0.25, -0.2) is 0 Å². The third kappa shape index (κ3) is 2.90. The monoisotopic (exact) mass is 247 g/mol. The molecule has 1 N–H and O–H groups in total. The Labute approximate surface area is 106 Å². The van der Waals surface area contributed by atoms with Crippen LogP contribution in [-0.2, 0) is 6.42 Å². The zero-order chi connectivity index (χ0) is 12.3. The summed E-state index contributed by atoms with van der Waals surface area (Å²) >= 11 is 1.80. The molecule has 2 aromatic rings. The lowest BCUT2D eigenvalue weighted by Gasteiger charge is -2.17. The first-order valence-electron chi connectivity index (χ1n) is 5.71. The molecule has 0 radical (unpaired) electrons. The second-order valence-corrected chi connectivity index (χ2v) is 5.18. The van der Waals surface area contributed by atoms with E-state index >= 15 is 0 Å². The summed E-state index contributed by atoms with van der Waals surface area (Å²) in [4.78, 5) is 1.39. The van der Waals surface area contributed by atoms with E-state index in [0.717, 1.165) is 17.8 Å². The molecule has 2 rings (SSSR count). The van der Waals surface area contributed by atoms with E-state index in [2.05, 4.69) is 39.1 Å². The number of hydrogen-bond acceptors (Lipinski definition) is 4. The Morgan fingerprint density at radius 2 is 2.18 bits per heavy atom. The van der Waals surface area contributed by atoms with Crippen LogP contribution in [0.4, 0.5) is 0 Å². The minimum absolute atomic E-state index is 0.308. The first-order chi connectivity index (χ1) is 8.20. The van der Waals surface area contributed by atoms with Crippen molar-refractivity contribution >= 4 is 11.3 Å². The number of nitrogens with one attached hydrogen (secondary N) is 1. The molecule has 0 aliphatic rings. The molecule has 4 heteroatoms. The van der Waals surface area contributed by atoms with Crippen LogP contribution in [0.5, 0.6) is 0 Å².